The first-order chi connectivity index (χ1) is 12.0. The van der Waals surface area contributed by atoms with Crippen molar-refractivity contribution in [3.63, 3.8) is 0 Å². The van der Waals surface area contributed by atoms with E-state index in [2.05, 4.69) is 30.7 Å². The van der Waals surface area contributed by atoms with E-state index in [-0.39, 0.29) is 5.91 Å². The average Bonchev–Trinajstić information content (AvgIpc) is 2.61. The molecule has 2 rings (SSSR count). The molecular formula is C20H33N3O2. The Morgan fingerprint density at radius 1 is 1.32 bits per heavy atom. The Morgan fingerprint density at radius 2 is 2.04 bits per heavy atom. The molecule has 2 unspecified atom stereocenters. The van der Waals surface area contributed by atoms with Crippen LogP contribution < -0.4 is 4.74 Å². The van der Waals surface area contributed by atoms with Gasteiger partial charge in [-0.25, -0.2) is 0 Å². The van der Waals surface area contributed by atoms with Gasteiger partial charge in [-0.1, -0.05) is 25.1 Å². The Bertz CT molecular complexity index is 564. The van der Waals surface area contributed by atoms with Crippen molar-refractivity contribution in [2.24, 2.45) is 0 Å². The van der Waals surface area contributed by atoms with E-state index in [9.17, 15) is 4.79 Å². The molecule has 1 heterocycles. The van der Waals surface area contributed by atoms with Crippen LogP contribution in [-0.4, -0.2) is 73.5 Å². The van der Waals surface area contributed by atoms with Crippen LogP contribution in [0.1, 0.15) is 32.3 Å². The second kappa shape index (κ2) is 9.20. The van der Waals surface area contributed by atoms with Crippen molar-refractivity contribution in [2.75, 3.05) is 40.8 Å². The Kier molecular flexibility index (Phi) is 7.26. The lowest BCUT2D eigenvalue weighted by Crippen LogP contribution is -2.49. The fourth-order valence-corrected chi connectivity index (χ4v) is 3.71. The first kappa shape index (κ1) is 19.7. The molecule has 0 saturated carbocycles. The zero-order valence-corrected chi connectivity index (χ0v) is 16.4. The highest BCUT2D eigenvalue weighted by Gasteiger charge is 2.28. The van der Waals surface area contributed by atoms with Crippen LogP contribution in [0.15, 0.2) is 24.3 Å². The number of likely N-dealkylation sites (tertiary alicyclic amines) is 1. The summed E-state index contributed by atoms with van der Waals surface area (Å²) in [5, 5.41) is 0. The third kappa shape index (κ3) is 5.19. The monoisotopic (exact) mass is 347 g/mol. The van der Waals surface area contributed by atoms with Crippen molar-refractivity contribution >= 4 is 5.91 Å². The van der Waals surface area contributed by atoms with E-state index in [4.69, 9.17) is 4.74 Å². The zero-order chi connectivity index (χ0) is 18.4. The Morgan fingerprint density at radius 3 is 2.68 bits per heavy atom. The molecule has 1 aliphatic rings. The first-order valence-electron chi connectivity index (χ1n) is 9.26. The molecule has 0 spiro atoms. The number of likely N-dealkylation sites (N-methyl/N-ethyl adjacent to an activating group) is 2. The van der Waals surface area contributed by atoms with E-state index >= 15 is 0 Å². The van der Waals surface area contributed by atoms with E-state index in [0.29, 0.717) is 25.2 Å². The molecule has 1 amide bonds. The highest BCUT2D eigenvalue weighted by Crippen LogP contribution is 2.21. The molecule has 0 aliphatic carbocycles. The first-order valence-corrected chi connectivity index (χ1v) is 9.26. The maximum absolute atomic E-state index is 12.6. The fraction of sp³-hybridized carbons (Fsp3) is 0.650. The van der Waals surface area contributed by atoms with Gasteiger partial charge in [-0.05, 0) is 46.0 Å². The molecule has 5 nitrogen and oxygen atoms in total. The number of amides is 1. The molecule has 1 aromatic carbocycles. The summed E-state index contributed by atoms with van der Waals surface area (Å²) in [5.74, 6) is 0.982. The van der Waals surface area contributed by atoms with Gasteiger partial charge in [0.2, 0.25) is 5.91 Å². The number of hydrogen-bond acceptors (Lipinski definition) is 4. The Balaban J connectivity index is 1.88. The van der Waals surface area contributed by atoms with Crippen molar-refractivity contribution < 1.29 is 9.53 Å². The Hall–Kier alpha value is -1.59. The summed E-state index contributed by atoms with van der Waals surface area (Å²) in [6.45, 7) is 7.78. The molecule has 0 radical (unpaired) electrons. The van der Waals surface area contributed by atoms with Gasteiger partial charge in [-0.3, -0.25) is 9.69 Å². The van der Waals surface area contributed by atoms with E-state index < -0.39 is 0 Å². The second-order valence-electron chi connectivity index (χ2n) is 7.13. The molecule has 1 fully saturated rings. The average molecular weight is 348 g/mol. The van der Waals surface area contributed by atoms with Gasteiger partial charge in [-0.15, -0.1) is 0 Å². The Labute approximate surface area is 152 Å². The molecule has 5 heteroatoms. The summed E-state index contributed by atoms with van der Waals surface area (Å²) in [5.41, 5.74) is 1.04. The summed E-state index contributed by atoms with van der Waals surface area (Å²) in [7, 11) is 5.61. The van der Waals surface area contributed by atoms with E-state index in [0.717, 1.165) is 37.2 Å². The van der Waals surface area contributed by atoms with E-state index in [1.54, 1.807) is 12.0 Å². The molecule has 25 heavy (non-hydrogen) atoms. The number of methoxy groups -OCH3 is 1. The van der Waals surface area contributed by atoms with Crippen molar-refractivity contribution in [2.45, 2.75) is 45.3 Å². The van der Waals surface area contributed by atoms with Gasteiger partial charge in [0.25, 0.3) is 0 Å². The molecular weight excluding hydrogens is 314 g/mol. The number of piperidine rings is 1. The molecule has 0 aromatic heterocycles. The second-order valence-corrected chi connectivity index (χ2v) is 7.13. The third-order valence-electron chi connectivity index (χ3n) is 5.43. The highest BCUT2D eigenvalue weighted by atomic mass is 16.5. The zero-order valence-electron chi connectivity index (χ0n) is 16.4. The summed E-state index contributed by atoms with van der Waals surface area (Å²) < 4.78 is 5.38. The van der Waals surface area contributed by atoms with Crippen LogP contribution in [0.25, 0.3) is 0 Å². The van der Waals surface area contributed by atoms with Gasteiger partial charge in [-0.2, -0.15) is 0 Å². The van der Waals surface area contributed by atoms with Crippen molar-refractivity contribution in [1.82, 2.24) is 14.7 Å². The van der Waals surface area contributed by atoms with Crippen LogP contribution in [0.3, 0.4) is 0 Å². The van der Waals surface area contributed by atoms with E-state index in [1.807, 2.05) is 31.3 Å². The summed E-state index contributed by atoms with van der Waals surface area (Å²) in [4.78, 5) is 19.2. The third-order valence-corrected chi connectivity index (χ3v) is 5.43. The predicted octanol–water partition coefficient (Wildman–Crippen LogP) is 2.46. The summed E-state index contributed by atoms with van der Waals surface area (Å²) in [6.07, 6.45) is 2.27. The van der Waals surface area contributed by atoms with Crippen LogP contribution in [0, 0.1) is 0 Å². The van der Waals surface area contributed by atoms with Gasteiger partial charge >= 0.3 is 0 Å². The lowest BCUT2D eigenvalue weighted by molar-refractivity contribution is -0.132. The molecule has 0 bridgehead atoms. The topological polar surface area (TPSA) is 36.0 Å². The maximum Gasteiger partial charge on any atom is 0.236 e. The largest absolute Gasteiger partial charge is 0.496 e. The van der Waals surface area contributed by atoms with Crippen LogP contribution >= 0.6 is 0 Å². The van der Waals surface area contributed by atoms with Crippen LogP contribution in [0.4, 0.5) is 0 Å². The summed E-state index contributed by atoms with van der Waals surface area (Å²) in [6, 6.07) is 8.94. The minimum Gasteiger partial charge on any atom is -0.496 e. The number of hydrogen-bond donors (Lipinski definition) is 0. The standard InChI is InChI=1S/C20H33N3O2/c1-6-23-12-11-18(13-16(23)2)21(3)15-20(24)22(4)14-17-9-7-8-10-19(17)25-5/h7-10,16,18H,6,11-15H2,1-5H3. The van der Waals surface area contributed by atoms with Gasteiger partial charge in [0, 0.05) is 31.2 Å². The van der Waals surface area contributed by atoms with Gasteiger partial charge in [0.15, 0.2) is 0 Å². The number of nitrogens with zero attached hydrogens (tertiary/aromatic N) is 3. The molecule has 1 aromatic rings. The smallest absolute Gasteiger partial charge is 0.236 e. The van der Waals surface area contributed by atoms with Crippen LogP contribution in [0.2, 0.25) is 0 Å². The lowest BCUT2D eigenvalue weighted by atomic mass is 9.97. The normalized spacial score (nSPS) is 21.4. The van der Waals surface area contributed by atoms with E-state index in [1.165, 1.54) is 0 Å². The lowest BCUT2D eigenvalue weighted by Gasteiger charge is -2.40. The quantitative estimate of drug-likeness (QED) is 0.759. The van der Waals surface area contributed by atoms with Gasteiger partial charge in [0.05, 0.1) is 13.7 Å². The number of carbonyl (C=O) groups is 1. The molecule has 140 valence electrons. The highest BCUT2D eigenvalue weighted by molar-refractivity contribution is 5.78. The van der Waals surface area contributed by atoms with Crippen LogP contribution in [0.5, 0.6) is 5.75 Å². The number of ether oxygens (including phenoxy) is 1. The molecule has 2 atom stereocenters. The fourth-order valence-electron chi connectivity index (χ4n) is 3.71. The van der Waals surface area contributed by atoms with Crippen LogP contribution in [-0.2, 0) is 11.3 Å². The minimum absolute atomic E-state index is 0.152. The van der Waals surface area contributed by atoms with Crippen molar-refractivity contribution in [3.8, 4) is 5.75 Å². The number of benzene rings is 1. The van der Waals surface area contributed by atoms with Gasteiger partial charge < -0.3 is 14.5 Å². The van der Waals surface area contributed by atoms with Crippen molar-refractivity contribution in [1.29, 1.82) is 0 Å². The number of rotatable bonds is 7. The number of para-hydroxylation sites is 1. The number of carbonyl (C=O) groups excluding carboxylic acids is 1. The predicted molar refractivity (Wildman–Crippen MR) is 102 cm³/mol. The molecule has 0 N–H and O–H groups in total. The minimum atomic E-state index is 0.152. The van der Waals surface area contributed by atoms with Gasteiger partial charge in [0.1, 0.15) is 5.75 Å². The molecule has 1 aliphatic heterocycles. The summed E-state index contributed by atoms with van der Waals surface area (Å²) >= 11 is 0. The SMILES string of the molecule is CCN1CCC(N(C)CC(=O)N(C)Cc2ccccc2OC)CC1C. The maximum atomic E-state index is 12.6. The molecule has 1 saturated heterocycles. The van der Waals surface area contributed by atoms with Crippen molar-refractivity contribution in [3.05, 3.63) is 29.8 Å².